The van der Waals surface area contributed by atoms with Crippen LogP contribution in [0.15, 0.2) is 22.7 Å². The van der Waals surface area contributed by atoms with E-state index in [4.69, 9.17) is 0 Å². The molecule has 1 aliphatic rings. The summed E-state index contributed by atoms with van der Waals surface area (Å²) in [5.41, 5.74) is -0.0176. The summed E-state index contributed by atoms with van der Waals surface area (Å²) in [4.78, 5) is 0. The number of para-hydroxylation sites is 1. The molecule has 1 aromatic carbocycles. The summed E-state index contributed by atoms with van der Waals surface area (Å²) < 4.78 is 40.6. The van der Waals surface area contributed by atoms with Crippen LogP contribution in [0.2, 0.25) is 0 Å². The van der Waals surface area contributed by atoms with Gasteiger partial charge in [-0.2, -0.15) is 0 Å². The highest BCUT2D eigenvalue weighted by Gasteiger charge is 2.28. The predicted molar refractivity (Wildman–Crippen MR) is 72.5 cm³/mol. The zero-order valence-corrected chi connectivity index (χ0v) is 12.0. The Morgan fingerprint density at radius 2 is 2.00 bits per heavy atom. The average Bonchev–Trinajstić information content (AvgIpc) is 2.35. The van der Waals surface area contributed by atoms with Gasteiger partial charge in [0, 0.05) is 4.47 Å². The van der Waals surface area contributed by atoms with Crippen LogP contribution >= 0.6 is 15.9 Å². The fourth-order valence-electron chi connectivity index (χ4n) is 1.93. The van der Waals surface area contributed by atoms with Gasteiger partial charge in [-0.3, -0.25) is 4.72 Å². The molecule has 1 aliphatic heterocycles. The number of hydrogen-bond donors (Lipinski definition) is 2. The molecule has 0 aliphatic carbocycles. The standard InChI is InChI=1S/C11H14BrFN2O2S/c12-9-2-1-3-10(13)11(9)15-18(16,17)8-4-6-14-7-5-8/h1-3,8,14-15H,4-7H2. The molecule has 0 spiro atoms. The largest absolute Gasteiger partial charge is 0.317 e. The van der Waals surface area contributed by atoms with Gasteiger partial charge in [0.15, 0.2) is 0 Å². The summed E-state index contributed by atoms with van der Waals surface area (Å²) >= 11 is 3.14. The van der Waals surface area contributed by atoms with E-state index in [1.54, 1.807) is 6.07 Å². The molecule has 7 heteroatoms. The van der Waals surface area contributed by atoms with E-state index >= 15 is 0 Å². The molecule has 2 rings (SSSR count). The lowest BCUT2D eigenvalue weighted by molar-refractivity contribution is 0.498. The Bertz CT molecular complexity index is 510. The van der Waals surface area contributed by atoms with E-state index in [1.807, 2.05) is 0 Å². The van der Waals surface area contributed by atoms with E-state index in [0.717, 1.165) is 0 Å². The molecule has 4 nitrogen and oxygen atoms in total. The molecule has 0 amide bonds. The van der Waals surface area contributed by atoms with Crippen LogP contribution in [0.25, 0.3) is 0 Å². The highest BCUT2D eigenvalue weighted by molar-refractivity contribution is 9.10. The van der Waals surface area contributed by atoms with Crippen molar-refractivity contribution < 1.29 is 12.8 Å². The smallest absolute Gasteiger partial charge is 0.235 e. The quantitative estimate of drug-likeness (QED) is 0.888. The van der Waals surface area contributed by atoms with Crippen LogP contribution in [-0.2, 0) is 10.0 Å². The van der Waals surface area contributed by atoms with Crippen LogP contribution in [-0.4, -0.2) is 26.8 Å². The fourth-order valence-corrected chi connectivity index (χ4v) is 4.01. The van der Waals surface area contributed by atoms with Gasteiger partial charge in [-0.1, -0.05) is 6.07 Å². The molecule has 18 heavy (non-hydrogen) atoms. The SMILES string of the molecule is O=S(=O)(Nc1c(F)cccc1Br)C1CCNCC1. The van der Waals surface area contributed by atoms with Crippen molar-refractivity contribution in [3.63, 3.8) is 0 Å². The zero-order valence-electron chi connectivity index (χ0n) is 9.62. The molecule has 0 unspecified atom stereocenters. The Morgan fingerprint density at radius 1 is 1.33 bits per heavy atom. The van der Waals surface area contributed by atoms with E-state index < -0.39 is 21.1 Å². The average molecular weight is 337 g/mol. The maximum Gasteiger partial charge on any atom is 0.235 e. The Kier molecular flexibility index (Phi) is 4.24. The second-order valence-corrected chi connectivity index (χ2v) is 7.01. The second kappa shape index (κ2) is 5.54. The minimum Gasteiger partial charge on any atom is -0.317 e. The molecule has 100 valence electrons. The molecular formula is C11H14BrFN2O2S. The van der Waals surface area contributed by atoms with Crippen LogP contribution < -0.4 is 10.0 Å². The summed E-state index contributed by atoms with van der Waals surface area (Å²) in [5.74, 6) is -0.582. The fraction of sp³-hybridized carbons (Fsp3) is 0.455. The summed E-state index contributed by atoms with van der Waals surface area (Å²) in [6.07, 6.45) is 1.09. The third-order valence-electron chi connectivity index (χ3n) is 2.93. The van der Waals surface area contributed by atoms with E-state index in [2.05, 4.69) is 26.0 Å². The minimum absolute atomic E-state index is 0.0176. The van der Waals surface area contributed by atoms with Crippen LogP contribution in [0.1, 0.15) is 12.8 Å². The molecule has 1 heterocycles. The third-order valence-corrected chi connectivity index (χ3v) is 5.43. The molecule has 0 aromatic heterocycles. The van der Waals surface area contributed by atoms with Gasteiger partial charge in [0.1, 0.15) is 5.82 Å². The highest BCUT2D eigenvalue weighted by Crippen LogP contribution is 2.27. The lowest BCUT2D eigenvalue weighted by Gasteiger charge is -2.23. The van der Waals surface area contributed by atoms with E-state index in [9.17, 15) is 12.8 Å². The van der Waals surface area contributed by atoms with Crippen molar-refractivity contribution in [1.29, 1.82) is 0 Å². The van der Waals surface area contributed by atoms with Gasteiger partial charge in [-0.05, 0) is 54.0 Å². The minimum atomic E-state index is -3.54. The van der Waals surface area contributed by atoms with Gasteiger partial charge in [0.05, 0.1) is 10.9 Å². The van der Waals surface area contributed by atoms with Gasteiger partial charge in [-0.15, -0.1) is 0 Å². The van der Waals surface area contributed by atoms with Crippen molar-refractivity contribution in [3.05, 3.63) is 28.5 Å². The monoisotopic (exact) mass is 336 g/mol. The zero-order chi connectivity index (χ0) is 13.2. The van der Waals surface area contributed by atoms with Crippen molar-refractivity contribution in [2.75, 3.05) is 17.8 Å². The first-order chi connectivity index (χ1) is 8.50. The summed E-state index contributed by atoms with van der Waals surface area (Å²) in [7, 11) is -3.54. The third kappa shape index (κ3) is 3.02. The molecule has 0 radical (unpaired) electrons. The number of benzene rings is 1. The molecule has 1 aromatic rings. The van der Waals surface area contributed by atoms with E-state index in [-0.39, 0.29) is 5.69 Å². The van der Waals surface area contributed by atoms with Crippen molar-refractivity contribution in [1.82, 2.24) is 5.32 Å². The number of piperidine rings is 1. The maximum absolute atomic E-state index is 13.6. The van der Waals surface area contributed by atoms with Gasteiger partial charge in [-0.25, -0.2) is 12.8 Å². The van der Waals surface area contributed by atoms with Crippen LogP contribution in [0, 0.1) is 5.82 Å². The summed E-state index contributed by atoms with van der Waals surface area (Å²) in [6.45, 7) is 1.34. The Balaban J connectivity index is 2.22. The van der Waals surface area contributed by atoms with Gasteiger partial charge in [0.25, 0.3) is 0 Å². The number of anilines is 1. The van der Waals surface area contributed by atoms with Gasteiger partial charge < -0.3 is 5.32 Å². The number of rotatable bonds is 3. The molecule has 0 bridgehead atoms. The lowest BCUT2D eigenvalue weighted by atomic mass is 10.2. The molecular weight excluding hydrogens is 323 g/mol. The normalized spacial score (nSPS) is 17.7. The summed E-state index contributed by atoms with van der Waals surface area (Å²) in [6, 6.07) is 4.34. The van der Waals surface area contributed by atoms with E-state index in [0.29, 0.717) is 30.4 Å². The first kappa shape index (κ1) is 13.8. The van der Waals surface area contributed by atoms with Crippen molar-refractivity contribution in [2.45, 2.75) is 18.1 Å². The first-order valence-corrected chi connectivity index (χ1v) is 8.01. The number of sulfonamides is 1. The molecule has 2 N–H and O–H groups in total. The van der Waals surface area contributed by atoms with Gasteiger partial charge >= 0.3 is 0 Å². The topological polar surface area (TPSA) is 58.2 Å². The van der Waals surface area contributed by atoms with Crippen molar-refractivity contribution in [2.24, 2.45) is 0 Å². The number of hydrogen-bond acceptors (Lipinski definition) is 3. The lowest BCUT2D eigenvalue weighted by Crippen LogP contribution is -2.38. The Morgan fingerprint density at radius 3 is 2.61 bits per heavy atom. The Hall–Kier alpha value is -0.660. The van der Waals surface area contributed by atoms with E-state index in [1.165, 1.54) is 12.1 Å². The summed E-state index contributed by atoms with van der Waals surface area (Å²) in [5, 5.41) is 2.63. The van der Waals surface area contributed by atoms with Gasteiger partial charge in [0.2, 0.25) is 10.0 Å². The molecule has 0 saturated carbocycles. The molecule has 1 saturated heterocycles. The number of nitrogens with one attached hydrogen (secondary N) is 2. The van der Waals surface area contributed by atoms with Crippen molar-refractivity contribution >= 4 is 31.6 Å². The van der Waals surface area contributed by atoms with Crippen LogP contribution in [0.4, 0.5) is 10.1 Å². The second-order valence-electron chi connectivity index (χ2n) is 4.19. The first-order valence-electron chi connectivity index (χ1n) is 5.67. The maximum atomic E-state index is 13.6. The Labute approximate surface area is 114 Å². The highest BCUT2D eigenvalue weighted by atomic mass is 79.9. The number of halogens is 2. The predicted octanol–water partition coefficient (Wildman–Crippen LogP) is 2.08. The molecule has 1 fully saturated rings. The van der Waals surface area contributed by atoms with Crippen molar-refractivity contribution in [3.8, 4) is 0 Å². The molecule has 0 atom stereocenters. The van der Waals surface area contributed by atoms with Crippen LogP contribution in [0.5, 0.6) is 0 Å². The van der Waals surface area contributed by atoms with Crippen LogP contribution in [0.3, 0.4) is 0 Å².